The van der Waals surface area contributed by atoms with Crippen LogP contribution in [0.1, 0.15) is 66.7 Å². The Morgan fingerprint density at radius 2 is 2.05 bits per heavy atom. The molecule has 1 nitrogen and oxygen atoms in total. The molecule has 3 rings (SSSR count). The molecular weight excluding hydrogens is 266 g/mol. The third-order valence-corrected chi connectivity index (χ3v) is 3.70. The van der Waals surface area contributed by atoms with Crippen LogP contribution in [-0.2, 0) is 0 Å². The number of fused-ring (bicyclic) bond motifs is 1. The Morgan fingerprint density at radius 1 is 1.32 bits per heavy atom. The molecular formula is C21H29N. The normalized spacial score (nSPS) is 48.8. The first-order valence-corrected chi connectivity index (χ1v) is 7.76. The number of hydrogen-bond donors (Lipinski definition) is 1. The van der Waals surface area contributed by atoms with Crippen LogP contribution in [0.25, 0.3) is 0 Å². The number of aryl methyl sites for hydroxylation is 2. The number of allylic oxidation sites excluding steroid dienone is 4. The van der Waals surface area contributed by atoms with Crippen LogP contribution in [0.2, 0.25) is 1.41 Å². The van der Waals surface area contributed by atoms with Crippen LogP contribution in [0, 0.1) is 31.6 Å². The largest absolute Gasteiger partial charge is 0.381 e. The molecule has 0 spiro atoms. The Balaban J connectivity index is 2.37. The van der Waals surface area contributed by atoms with Crippen LogP contribution in [0.3, 0.4) is 0 Å². The lowest BCUT2D eigenvalue weighted by Gasteiger charge is -2.39. The monoisotopic (exact) mass is 304 g/mol. The number of piperidine rings is 1. The van der Waals surface area contributed by atoms with E-state index in [4.69, 9.17) is 11.0 Å². The minimum atomic E-state index is -3.06. The summed E-state index contributed by atoms with van der Waals surface area (Å²) in [5.41, 5.74) is 1.31. The fourth-order valence-electron chi connectivity index (χ4n) is 2.85. The second-order valence-corrected chi connectivity index (χ2v) is 6.40. The fourth-order valence-corrected chi connectivity index (χ4v) is 2.85. The molecule has 1 aliphatic heterocycles. The molecule has 0 aromatic heterocycles. The molecule has 1 heteroatoms. The zero-order chi connectivity index (χ0) is 23.8. The number of nitrogens with one attached hydrogen (secondary N) is 1. The lowest BCUT2D eigenvalue weighted by molar-refractivity contribution is 0.281. The van der Waals surface area contributed by atoms with Gasteiger partial charge in [0.1, 0.15) is 0 Å². The van der Waals surface area contributed by atoms with E-state index in [9.17, 15) is 1.37 Å². The van der Waals surface area contributed by atoms with Crippen LogP contribution >= 0.6 is 0 Å². The molecule has 1 heterocycles. The van der Waals surface area contributed by atoms with Gasteiger partial charge in [0.05, 0.1) is 8.76 Å². The van der Waals surface area contributed by atoms with Crippen LogP contribution in [-0.4, -0.2) is 0 Å². The number of rotatable bonds is 3. The molecule has 0 amide bonds. The zero-order valence-corrected chi connectivity index (χ0v) is 13.6. The Morgan fingerprint density at radius 3 is 2.73 bits per heavy atom. The molecule has 0 bridgehead atoms. The first-order chi connectivity index (χ1) is 14.0. The van der Waals surface area contributed by atoms with E-state index in [-0.39, 0.29) is 29.7 Å². The standard InChI is InChI=1S/C21H29N/c1-14(2)10-17-6-5-7-21-19(17)8-9-20(22-21)18-12-15(3)11-16(4)13-18/h5-7,11-14,17,19-20,22H,8-10H2,1-4H3/i6D,8D2,9D2,17D,19D,20D/hD. The summed E-state index contributed by atoms with van der Waals surface area (Å²) in [6.07, 6.45) is -3.66. The summed E-state index contributed by atoms with van der Waals surface area (Å²) < 4.78 is 79.8. The summed E-state index contributed by atoms with van der Waals surface area (Å²) in [7, 11) is 0. The lowest BCUT2D eigenvalue weighted by atomic mass is 9.75. The second kappa shape index (κ2) is 6.32. The quantitative estimate of drug-likeness (QED) is 0.782. The zero-order valence-electron chi connectivity index (χ0n) is 22.6. The topological polar surface area (TPSA) is 12.0 Å². The molecule has 3 unspecified atom stereocenters. The van der Waals surface area contributed by atoms with Crippen LogP contribution in [0.15, 0.2) is 42.1 Å². The van der Waals surface area contributed by atoms with Crippen molar-refractivity contribution >= 4 is 0 Å². The van der Waals surface area contributed by atoms with Gasteiger partial charge in [-0.1, -0.05) is 55.3 Å². The first kappa shape index (κ1) is 7.86. The molecule has 1 aliphatic carbocycles. The van der Waals surface area contributed by atoms with Crippen LogP contribution < -0.4 is 5.31 Å². The van der Waals surface area contributed by atoms with Crippen molar-refractivity contribution in [2.45, 2.75) is 52.9 Å². The molecule has 1 aromatic rings. The molecule has 2 aliphatic rings. The highest BCUT2D eigenvalue weighted by Gasteiger charge is 2.32. The fraction of sp³-hybridized carbons (Fsp3) is 0.524. The van der Waals surface area contributed by atoms with Crippen molar-refractivity contribution in [1.29, 1.82) is 0 Å². The summed E-state index contributed by atoms with van der Waals surface area (Å²) in [6, 6.07) is 2.16. The van der Waals surface area contributed by atoms with Gasteiger partial charge in [0.25, 0.3) is 0 Å². The predicted octanol–water partition coefficient (Wildman–Crippen LogP) is 5.46. The molecule has 1 N–H and O–H groups in total. The van der Waals surface area contributed by atoms with Crippen molar-refractivity contribution in [1.82, 2.24) is 5.31 Å². The molecule has 0 saturated carbocycles. The molecule has 1 fully saturated rings. The van der Waals surface area contributed by atoms with Gasteiger partial charge in [0.2, 0.25) is 0 Å². The van der Waals surface area contributed by atoms with Gasteiger partial charge < -0.3 is 5.31 Å². The number of hydrogen-bond acceptors (Lipinski definition) is 1. The van der Waals surface area contributed by atoms with Gasteiger partial charge in [0, 0.05) is 19.8 Å². The number of benzene rings is 1. The minimum absolute atomic E-state index is 0.0544. The van der Waals surface area contributed by atoms with Gasteiger partial charge in [-0.25, -0.2) is 0 Å². The van der Waals surface area contributed by atoms with Crippen molar-refractivity contribution in [3.63, 3.8) is 0 Å². The Bertz CT molecular complexity index is 949. The van der Waals surface area contributed by atoms with Gasteiger partial charge in [-0.3, -0.25) is 0 Å². The third kappa shape index (κ3) is 3.29. The van der Waals surface area contributed by atoms with Crippen molar-refractivity contribution in [3.8, 4) is 0 Å². The molecule has 0 radical (unpaired) electrons. The van der Waals surface area contributed by atoms with E-state index < -0.39 is 30.6 Å². The maximum atomic E-state index is 9.19. The highest BCUT2D eigenvalue weighted by Crippen LogP contribution is 2.40. The molecule has 3 atom stereocenters. The molecule has 1 saturated heterocycles. The van der Waals surface area contributed by atoms with Crippen molar-refractivity contribution in [3.05, 3.63) is 58.8 Å². The minimum Gasteiger partial charge on any atom is -0.381 e. The van der Waals surface area contributed by atoms with Gasteiger partial charge in [0.15, 0.2) is 1.41 Å². The summed E-state index contributed by atoms with van der Waals surface area (Å²) in [6.45, 7) is 7.15. The van der Waals surface area contributed by atoms with E-state index in [0.29, 0.717) is 5.31 Å². The molecule has 118 valence electrons. The highest BCUT2D eigenvalue weighted by atomic mass is 15.0. The maximum absolute atomic E-state index is 9.19. The van der Waals surface area contributed by atoms with Crippen molar-refractivity contribution in [2.24, 2.45) is 17.7 Å². The SMILES string of the molecule is [2H]C1=CC=C2N([2H])C([2H])(c3cc(C)cc(C)c3)C([2H])([2H])C([2H])([2H])C2([2H])C1([2H])CC(C)C. The Labute approximate surface area is 148 Å². The van der Waals surface area contributed by atoms with E-state index in [0.717, 1.165) is 11.1 Å². The van der Waals surface area contributed by atoms with Gasteiger partial charge >= 0.3 is 0 Å². The Kier molecular flexibility index (Phi) is 2.26. The summed E-state index contributed by atoms with van der Waals surface area (Å²) in [5.74, 6) is -4.88. The smallest absolute Gasteiger partial charge is 0.160 e. The second-order valence-electron chi connectivity index (χ2n) is 6.40. The summed E-state index contributed by atoms with van der Waals surface area (Å²) >= 11 is 0. The van der Waals surface area contributed by atoms with Gasteiger partial charge in [-0.15, -0.1) is 0 Å². The average Bonchev–Trinajstić information content (AvgIpc) is 2.62. The lowest BCUT2D eigenvalue weighted by Crippen LogP contribution is -2.35. The highest BCUT2D eigenvalue weighted by molar-refractivity contribution is 5.33. The van der Waals surface area contributed by atoms with E-state index in [2.05, 4.69) is 0 Å². The summed E-state index contributed by atoms with van der Waals surface area (Å²) in [4.78, 5) is 0. The van der Waals surface area contributed by atoms with E-state index >= 15 is 0 Å². The van der Waals surface area contributed by atoms with E-state index in [1.165, 1.54) is 12.2 Å². The van der Waals surface area contributed by atoms with Crippen LogP contribution in [0.5, 0.6) is 0 Å². The molecule has 1 aromatic carbocycles. The van der Waals surface area contributed by atoms with E-state index in [1.54, 1.807) is 39.8 Å². The van der Waals surface area contributed by atoms with Crippen molar-refractivity contribution in [2.75, 3.05) is 0 Å². The summed E-state index contributed by atoms with van der Waals surface area (Å²) in [5, 5.41) is 0.558. The van der Waals surface area contributed by atoms with Gasteiger partial charge in [-0.05, 0) is 56.5 Å². The molecule has 22 heavy (non-hydrogen) atoms. The van der Waals surface area contributed by atoms with Crippen LogP contribution in [0.4, 0.5) is 0 Å². The average molecular weight is 305 g/mol. The third-order valence-electron chi connectivity index (χ3n) is 3.70. The Hall–Kier alpha value is -1.50. The first-order valence-electron chi connectivity index (χ1n) is 12.2. The predicted molar refractivity (Wildman–Crippen MR) is 94.7 cm³/mol. The van der Waals surface area contributed by atoms with E-state index in [1.807, 2.05) is 6.07 Å². The van der Waals surface area contributed by atoms with Gasteiger partial charge in [-0.2, -0.15) is 0 Å². The van der Waals surface area contributed by atoms with Crippen molar-refractivity contribution < 1.29 is 12.4 Å². The maximum Gasteiger partial charge on any atom is 0.160 e.